The summed E-state index contributed by atoms with van der Waals surface area (Å²) in [7, 11) is 0. The normalized spacial score (nSPS) is 10.7. The molecule has 2 aromatic carbocycles. The number of hydrogen-bond donors (Lipinski definition) is 0. The molecule has 1 aromatic heterocycles. The van der Waals surface area contributed by atoms with Gasteiger partial charge in [0.1, 0.15) is 5.82 Å². The van der Waals surface area contributed by atoms with Gasteiger partial charge in [-0.2, -0.15) is 4.98 Å². The van der Waals surface area contributed by atoms with Crippen LogP contribution in [0.25, 0.3) is 11.4 Å². The van der Waals surface area contributed by atoms with Crippen molar-refractivity contribution in [1.82, 2.24) is 10.1 Å². The molecule has 0 saturated heterocycles. The van der Waals surface area contributed by atoms with E-state index in [9.17, 15) is 9.18 Å². The summed E-state index contributed by atoms with van der Waals surface area (Å²) >= 11 is 0. The predicted octanol–water partition coefficient (Wildman–Crippen LogP) is 4.17. The molecule has 0 radical (unpaired) electrons. The van der Waals surface area contributed by atoms with Gasteiger partial charge in [-0.1, -0.05) is 29.4 Å². The third-order valence-corrected chi connectivity index (χ3v) is 4.07. The maximum Gasteiger partial charge on any atom is 0.227 e. The van der Waals surface area contributed by atoms with Crippen LogP contribution in [0.4, 0.5) is 10.1 Å². The van der Waals surface area contributed by atoms with Crippen LogP contribution in [0.15, 0.2) is 53.1 Å². The van der Waals surface area contributed by atoms with Gasteiger partial charge in [0, 0.05) is 25.1 Å². The number of carbonyl (C=O) groups excluding carboxylic acids is 1. The van der Waals surface area contributed by atoms with Crippen LogP contribution in [0.3, 0.4) is 0 Å². The third kappa shape index (κ3) is 3.96. The van der Waals surface area contributed by atoms with Gasteiger partial charge in [0.05, 0.1) is 5.56 Å². The first-order valence-electron chi connectivity index (χ1n) is 8.53. The molecule has 0 saturated carbocycles. The van der Waals surface area contributed by atoms with E-state index in [-0.39, 0.29) is 23.7 Å². The van der Waals surface area contributed by atoms with Gasteiger partial charge in [-0.05, 0) is 43.7 Å². The van der Waals surface area contributed by atoms with Crippen molar-refractivity contribution in [3.8, 4) is 11.4 Å². The number of anilines is 1. The van der Waals surface area contributed by atoms with E-state index in [4.69, 9.17) is 4.52 Å². The van der Waals surface area contributed by atoms with E-state index in [0.717, 1.165) is 11.3 Å². The van der Waals surface area contributed by atoms with E-state index in [2.05, 4.69) is 10.1 Å². The number of hydrogen-bond acceptors (Lipinski definition) is 4. The monoisotopic (exact) mass is 353 g/mol. The molecular formula is C20H20FN3O2. The summed E-state index contributed by atoms with van der Waals surface area (Å²) in [6.45, 7) is 4.50. The zero-order valence-electron chi connectivity index (χ0n) is 14.8. The summed E-state index contributed by atoms with van der Waals surface area (Å²) in [5, 5.41) is 3.81. The Morgan fingerprint density at radius 1 is 1.19 bits per heavy atom. The molecular weight excluding hydrogens is 333 g/mol. The molecule has 0 spiro atoms. The maximum absolute atomic E-state index is 13.8. The van der Waals surface area contributed by atoms with Crippen molar-refractivity contribution in [1.29, 1.82) is 0 Å². The van der Waals surface area contributed by atoms with E-state index in [1.165, 1.54) is 6.07 Å². The lowest BCUT2D eigenvalue weighted by atomic mass is 10.2. The molecule has 0 aliphatic rings. The molecule has 0 fully saturated rings. The molecule has 26 heavy (non-hydrogen) atoms. The van der Waals surface area contributed by atoms with Crippen LogP contribution in [0.2, 0.25) is 0 Å². The Kier molecular flexibility index (Phi) is 5.41. The highest BCUT2D eigenvalue weighted by molar-refractivity contribution is 5.93. The molecule has 0 aliphatic carbocycles. The molecule has 0 atom stereocenters. The van der Waals surface area contributed by atoms with E-state index in [0.29, 0.717) is 18.9 Å². The molecule has 0 bridgehead atoms. The fourth-order valence-corrected chi connectivity index (χ4v) is 2.76. The molecule has 0 aliphatic heterocycles. The zero-order chi connectivity index (χ0) is 18.5. The lowest BCUT2D eigenvalue weighted by Gasteiger charge is -2.21. The molecule has 6 heteroatoms. The second-order valence-electron chi connectivity index (χ2n) is 5.97. The molecule has 3 aromatic rings. The highest BCUT2D eigenvalue weighted by Crippen LogP contribution is 2.20. The van der Waals surface area contributed by atoms with Crippen LogP contribution >= 0.6 is 0 Å². The number of nitrogens with zero attached hydrogens (tertiary/aromatic N) is 3. The van der Waals surface area contributed by atoms with Gasteiger partial charge in [0.25, 0.3) is 0 Å². The van der Waals surface area contributed by atoms with Crippen LogP contribution in [0.5, 0.6) is 0 Å². The molecule has 5 nitrogen and oxygen atoms in total. The Labute approximate surface area is 151 Å². The molecule has 0 unspecified atom stereocenters. The van der Waals surface area contributed by atoms with Crippen molar-refractivity contribution in [3.05, 3.63) is 65.8 Å². The standard InChI is InChI=1S/C20H20FN3O2/c1-3-24(15-8-6-7-14(2)13-15)19(25)12-11-18-22-20(23-26-18)16-9-4-5-10-17(16)21/h4-10,13H,3,11-12H2,1-2H3. The summed E-state index contributed by atoms with van der Waals surface area (Å²) in [4.78, 5) is 18.5. The number of aryl methyl sites for hydroxylation is 2. The highest BCUT2D eigenvalue weighted by Gasteiger charge is 2.17. The minimum atomic E-state index is -0.410. The van der Waals surface area contributed by atoms with Crippen LogP contribution in [0.1, 0.15) is 24.8 Å². The van der Waals surface area contributed by atoms with Gasteiger partial charge >= 0.3 is 0 Å². The van der Waals surface area contributed by atoms with Gasteiger partial charge in [-0.15, -0.1) is 0 Å². The molecule has 134 valence electrons. The van der Waals surface area contributed by atoms with Gasteiger partial charge in [0.15, 0.2) is 0 Å². The Bertz CT molecular complexity index is 907. The number of benzene rings is 2. The second kappa shape index (κ2) is 7.91. The van der Waals surface area contributed by atoms with Crippen molar-refractivity contribution in [2.45, 2.75) is 26.7 Å². The van der Waals surface area contributed by atoms with E-state index < -0.39 is 5.82 Å². The maximum atomic E-state index is 13.8. The summed E-state index contributed by atoms with van der Waals surface area (Å²) < 4.78 is 19.0. The number of carbonyl (C=O) groups is 1. The van der Waals surface area contributed by atoms with E-state index >= 15 is 0 Å². The van der Waals surface area contributed by atoms with E-state index in [1.807, 2.05) is 38.1 Å². The fraction of sp³-hybridized carbons (Fsp3) is 0.250. The average Bonchev–Trinajstić information content (AvgIpc) is 3.10. The largest absolute Gasteiger partial charge is 0.339 e. The van der Waals surface area contributed by atoms with Crippen LogP contribution in [-0.4, -0.2) is 22.6 Å². The van der Waals surface area contributed by atoms with Crippen LogP contribution < -0.4 is 4.90 Å². The van der Waals surface area contributed by atoms with Gasteiger partial charge < -0.3 is 9.42 Å². The van der Waals surface area contributed by atoms with Crippen LogP contribution in [-0.2, 0) is 11.2 Å². The second-order valence-corrected chi connectivity index (χ2v) is 5.97. The topological polar surface area (TPSA) is 59.2 Å². The number of halogens is 1. The van der Waals surface area contributed by atoms with E-state index in [1.54, 1.807) is 23.1 Å². The highest BCUT2D eigenvalue weighted by atomic mass is 19.1. The minimum Gasteiger partial charge on any atom is -0.339 e. The summed E-state index contributed by atoms with van der Waals surface area (Å²) in [5.41, 5.74) is 2.25. The summed E-state index contributed by atoms with van der Waals surface area (Å²) in [6.07, 6.45) is 0.545. The molecule has 0 N–H and O–H groups in total. The zero-order valence-corrected chi connectivity index (χ0v) is 14.8. The lowest BCUT2D eigenvalue weighted by Crippen LogP contribution is -2.30. The van der Waals surface area contributed by atoms with Gasteiger partial charge in [0.2, 0.25) is 17.6 Å². The van der Waals surface area contributed by atoms with Crippen molar-refractivity contribution < 1.29 is 13.7 Å². The van der Waals surface area contributed by atoms with Crippen molar-refractivity contribution >= 4 is 11.6 Å². The van der Waals surface area contributed by atoms with Gasteiger partial charge in [-0.3, -0.25) is 4.79 Å². The van der Waals surface area contributed by atoms with Crippen molar-refractivity contribution in [2.75, 3.05) is 11.4 Å². The summed E-state index contributed by atoms with van der Waals surface area (Å²) in [6, 6.07) is 14.1. The molecule has 1 heterocycles. The number of amides is 1. The molecule has 3 rings (SSSR count). The Morgan fingerprint density at radius 3 is 2.73 bits per heavy atom. The summed E-state index contributed by atoms with van der Waals surface area (Å²) in [5.74, 6) is 0.0738. The lowest BCUT2D eigenvalue weighted by molar-refractivity contribution is -0.118. The average molecular weight is 353 g/mol. The first kappa shape index (κ1) is 17.8. The SMILES string of the molecule is CCN(C(=O)CCc1nc(-c2ccccc2F)no1)c1cccc(C)c1. The fourth-order valence-electron chi connectivity index (χ4n) is 2.76. The Balaban J connectivity index is 1.67. The Hall–Kier alpha value is -3.02. The van der Waals surface area contributed by atoms with Crippen LogP contribution in [0, 0.1) is 12.7 Å². The smallest absolute Gasteiger partial charge is 0.227 e. The van der Waals surface area contributed by atoms with Crippen molar-refractivity contribution in [2.24, 2.45) is 0 Å². The number of rotatable bonds is 6. The Morgan fingerprint density at radius 2 is 2.00 bits per heavy atom. The first-order chi connectivity index (χ1) is 12.6. The van der Waals surface area contributed by atoms with Crippen molar-refractivity contribution in [3.63, 3.8) is 0 Å². The number of aromatic nitrogens is 2. The van der Waals surface area contributed by atoms with Gasteiger partial charge in [-0.25, -0.2) is 4.39 Å². The minimum absolute atomic E-state index is 0.0243. The predicted molar refractivity (Wildman–Crippen MR) is 97.2 cm³/mol. The quantitative estimate of drug-likeness (QED) is 0.667. The molecule has 1 amide bonds. The third-order valence-electron chi connectivity index (χ3n) is 4.07. The first-order valence-corrected chi connectivity index (χ1v) is 8.53.